The largest absolute Gasteiger partial charge is 0.477 e. The number of hydrogen-bond acceptors (Lipinski definition) is 4. The van der Waals surface area contributed by atoms with E-state index in [0.717, 1.165) is 56.8 Å². The number of nitrogens with zero attached hydrogens (tertiary/aromatic N) is 4. The Morgan fingerprint density at radius 3 is 2.58 bits per heavy atom. The molecule has 1 saturated carbocycles. The van der Waals surface area contributed by atoms with Gasteiger partial charge in [-0.05, 0) is 31.2 Å². The topological polar surface area (TPSA) is 70.1 Å². The van der Waals surface area contributed by atoms with Crippen molar-refractivity contribution in [3.8, 4) is 5.88 Å². The smallest absolute Gasteiger partial charge is 0.219 e. The Morgan fingerprint density at radius 1 is 1.27 bits per heavy atom. The molecule has 0 bridgehead atoms. The third kappa shape index (κ3) is 5.34. The highest BCUT2D eigenvalue weighted by atomic mass is 16.5. The van der Waals surface area contributed by atoms with Crippen LogP contribution in [0.3, 0.4) is 0 Å². The molecule has 1 aliphatic carbocycles. The molecule has 0 spiro atoms. The number of pyridine rings is 1. The van der Waals surface area contributed by atoms with Crippen LogP contribution < -0.4 is 10.1 Å². The van der Waals surface area contributed by atoms with Crippen molar-refractivity contribution in [2.45, 2.75) is 33.2 Å². The number of amides is 1. The van der Waals surface area contributed by atoms with Crippen molar-refractivity contribution in [2.24, 2.45) is 10.9 Å². The number of ether oxygens (including phenoxy) is 1. The van der Waals surface area contributed by atoms with Crippen LogP contribution >= 0.6 is 0 Å². The van der Waals surface area contributed by atoms with E-state index in [9.17, 15) is 4.79 Å². The predicted octanol–water partition coefficient (Wildman–Crippen LogP) is 1.50. The van der Waals surface area contributed by atoms with Gasteiger partial charge in [-0.1, -0.05) is 6.07 Å². The molecule has 0 atom stereocenters. The second-order valence-corrected chi connectivity index (χ2v) is 6.92. The van der Waals surface area contributed by atoms with Gasteiger partial charge in [0.15, 0.2) is 5.96 Å². The number of carbonyl (C=O) groups excluding carboxylic acids is 1. The van der Waals surface area contributed by atoms with Gasteiger partial charge in [-0.25, -0.2) is 9.98 Å². The summed E-state index contributed by atoms with van der Waals surface area (Å²) in [4.78, 5) is 24.7. The van der Waals surface area contributed by atoms with Gasteiger partial charge in [0, 0.05) is 51.9 Å². The lowest BCUT2D eigenvalue weighted by Crippen LogP contribution is -2.53. The molecule has 1 aromatic heterocycles. The lowest BCUT2D eigenvalue weighted by atomic mass is 10.3. The van der Waals surface area contributed by atoms with E-state index < -0.39 is 0 Å². The summed E-state index contributed by atoms with van der Waals surface area (Å²) in [5.41, 5.74) is 1.06. The number of aromatic nitrogens is 1. The SMILES string of the molecule is CCNC(=NCc1ccc(OCC2CC2)nc1)N1CCN(C(C)=O)CC1. The Kier molecular flexibility index (Phi) is 6.30. The molecular formula is C19H29N5O2. The van der Waals surface area contributed by atoms with Crippen molar-refractivity contribution < 1.29 is 9.53 Å². The van der Waals surface area contributed by atoms with Gasteiger partial charge in [-0.15, -0.1) is 0 Å². The van der Waals surface area contributed by atoms with Crippen molar-refractivity contribution in [1.29, 1.82) is 0 Å². The average Bonchev–Trinajstić information content (AvgIpc) is 3.49. The summed E-state index contributed by atoms with van der Waals surface area (Å²) in [7, 11) is 0. The zero-order chi connectivity index (χ0) is 18.4. The molecule has 1 aliphatic heterocycles. The Bertz CT molecular complexity index is 619. The lowest BCUT2D eigenvalue weighted by molar-refractivity contribution is -0.130. The normalized spacial score (nSPS) is 18.0. The van der Waals surface area contributed by atoms with Crippen molar-refractivity contribution in [3.63, 3.8) is 0 Å². The van der Waals surface area contributed by atoms with E-state index in [1.54, 1.807) is 6.92 Å². The fourth-order valence-corrected chi connectivity index (χ4v) is 2.90. The van der Waals surface area contributed by atoms with E-state index >= 15 is 0 Å². The molecule has 2 aliphatic rings. The number of carbonyl (C=O) groups is 1. The zero-order valence-corrected chi connectivity index (χ0v) is 15.8. The summed E-state index contributed by atoms with van der Waals surface area (Å²) < 4.78 is 5.67. The standard InChI is InChI=1S/C19H29N5O2/c1-3-20-19(24-10-8-23(9-11-24)15(2)25)22-13-17-6-7-18(21-12-17)26-14-16-4-5-16/h6-7,12,16H,3-5,8-11,13-14H2,1-2H3,(H,20,22). The van der Waals surface area contributed by atoms with Gasteiger partial charge in [0.05, 0.1) is 13.2 Å². The third-order valence-corrected chi connectivity index (χ3v) is 4.73. The molecule has 0 aromatic carbocycles. The second-order valence-electron chi connectivity index (χ2n) is 6.92. The average molecular weight is 359 g/mol. The zero-order valence-electron chi connectivity index (χ0n) is 15.8. The molecule has 142 valence electrons. The molecule has 2 heterocycles. The van der Waals surface area contributed by atoms with Crippen LogP contribution in [0, 0.1) is 5.92 Å². The third-order valence-electron chi connectivity index (χ3n) is 4.73. The lowest BCUT2D eigenvalue weighted by Gasteiger charge is -2.36. The van der Waals surface area contributed by atoms with Gasteiger partial charge >= 0.3 is 0 Å². The van der Waals surface area contributed by atoms with E-state index in [1.165, 1.54) is 12.8 Å². The number of aliphatic imine (C=N–C) groups is 1. The number of piperazine rings is 1. The van der Waals surface area contributed by atoms with E-state index in [4.69, 9.17) is 9.73 Å². The number of guanidine groups is 1. The van der Waals surface area contributed by atoms with Crippen LogP contribution in [0.2, 0.25) is 0 Å². The van der Waals surface area contributed by atoms with Crippen LogP contribution in [0.1, 0.15) is 32.3 Å². The molecule has 7 nitrogen and oxygen atoms in total. The Hall–Kier alpha value is -2.31. The first-order valence-electron chi connectivity index (χ1n) is 9.52. The first-order chi connectivity index (χ1) is 12.7. The van der Waals surface area contributed by atoms with Gasteiger partial charge in [0.2, 0.25) is 11.8 Å². The van der Waals surface area contributed by atoms with Gasteiger partial charge < -0.3 is 19.9 Å². The molecular weight excluding hydrogens is 330 g/mol. The Morgan fingerprint density at radius 2 is 2.00 bits per heavy atom. The monoisotopic (exact) mass is 359 g/mol. The molecule has 26 heavy (non-hydrogen) atoms. The minimum absolute atomic E-state index is 0.140. The highest BCUT2D eigenvalue weighted by Gasteiger charge is 2.22. The molecule has 1 saturated heterocycles. The van der Waals surface area contributed by atoms with Crippen LogP contribution in [-0.2, 0) is 11.3 Å². The summed E-state index contributed by atoms with van der Waals surface area (Å²) in [6, 6.07) is 3.95. The fraction of sp³-hybridized carbons (Fsp3) is 0.632. The first-order valence-corrected chi connectivity index (χ1v) is 9.52. The summed E-state index contributed by atoms with van der Waals surface area (Å²) in [5.74, 6) is 2.45. The molecule has 0 radical (unpaired) electrons. The van der Waals surface area contributed by atoms with Gasteiger partial charge in [0.25, 0.3) is 0 Å². The molecule has 1 N–H and O–H groups in total. The van der Waals surface area contributed by atoms with Crippen LogP contribution in [-0.4, -0.2) is 66.0 Å². The maximum absolute atomic E-state index is 11.5. The fourth-order valence-electron chi connectivity index (χ4n) is 2.90. The molecule has 0 unspecified atom stereocenters. The second kappa shape index (κ2) is 8.87. The van der Waals surface area contributed by atoms with Crippen LogP contribution in [0.5, 0.6) is 5.88 Å². The maximum Gasteiger partial charge on any atom is 0.219 e. The van der Waals surface area contributed by atoms with Gasteiger partial charge in [-0.3, -0.25) is 4.79 Å². The highest BCUT2D eigenvalue weighted by Crippen LogP contribution is 2.29. The molecule has 1 aromatic rings. The minimum atomic E-state index is 0.140. The van der Waals surface area contributed by atoms with E-state index in [0.29, 0.717) is 12.4 Å². The summed E-state index contributed by atoms with van der Waals surface area (Å²) in [6.07, 6.45) is 4.39. The number of hydrogen-bond donors (Lipinski definition) is 1. The molecule has 3 rings (SSSR count). The van der Waals surface area contributed by atoms with E-state index in [2.05, 4.69) is 22.1 Å². The summed E-state index contributed by atoms with van der Waals surface area (Å²) in [6.45, 7) is 8.96. The number of nitrogens with one attached hydrogen (secondary N) is 1. The predicted molar refractivity (Wildman–Crippen MR) is 101 cm³/mol. The molecule has 2 fully saturated rings. The first kappa shape index (κ1) is 18.5. The highest BCUT2D eigenvalue weighted by molar-refractivity contribution is 5.80. The van der Waals surface area contributed by atoms with Gasteiger partial charge in [-0.2, -0.15) is 0 Å². The quantitative estimate of drug-likeness (QED) is 0.616. The van der Waals surface area contributed by atoms with Crippen molar-refractivity contribution in [2.75, 3.05) is 39.3 Å². The van der Waals surface area contributed by atoms with Crippen LogP contribution in [0.4, 0.5) is 0 Å². The Balaban J connectivity index is 1.54. The van der Waals surface area contributed by atoms with Crippen LogP contribution in [0.25, 0.3) is 0 Å². The van der Waals surface area contributed by atoms with Crippen molar-refractivity contribution in [1.82, 2.24) is 20.1 Å². The summed E-state index contributed by atoms with van der Waals surface area (Å²) >= 11 is 0. The minimum Gasteiger partial charge on any atom is -0.477 e. The maximum atomic E-state index is 11.5. The Labute approximate surface area is 155 Å². The van der Waals surface area contributed by atoms with Gasteiger partial charge in [0.1, 0.15) is 0 Å². The van der Waals surface area contributed by atoms with Crippen LogP contribution in [0.15, 0.2) is 23.3 Å². The van der Waals surface area contributed by atoms with Crippen molar-refractivity contribution >= 4 is 11.9 Å². The molecule has 1 amide bonds. The molecule has 7 heteroatoms. The number of rotatable bonds is 6. The van der Waals surface area contributed by atoms with E-state index in [1.807, 2.05) is 23.2 Å². The van der Waals surface area contributed by atoms with E-state index in [-0.39, 0.29) is 5.91 Å². The summed E-state index contributed by atoms with van der Waals surface area (Å²) in [5, 5.41) is 3.35. The van der Waals surface area contributed by atoms with Crippen molar-refractivity contribution in [3.05, 3.63) is 23.9 Å².